The van der Waals surface area contributed by atoms with Gasteiger partial charge in [0.2, 0.25) is 5.82 Å². The van der Waals surface area contributed by atoms with Crippen molar-refractivity contribution in [3.8, 4) is 17.1 Å². The molecular formula is C25H28N4O3. The third-order valence-electron chi connectivity index (χ3n) is 5.66. The Morgan fingerprint density at radius 2 is 1.84 bits per heavy atom. The van der Waals surface area contributed by atoms with Crippen molar-refractivity contribution >= 4 is 11.6 Å². The minimum atomic E-state index is -0.372. The second-order valence-corrected chi connectivity index (χ2v) is 8.28. The average Bonchev–Trinajstić information content (AvgIpc) is 3.28. The molecule has 2 heterocycles. The molecule has 1 N–H and O–H groups in total. The highest BCUT2D eigenvalue weighted by Gasteiger charge is 2.35. The predicted molar refractivity (Wildman–Crippen MR) is 123 cm³/mol. The van der Waals surface area contributed by atoms with Crippen LogP contribution in [0.5, 0.6) is 5.75 Å². The van der Waals surface area contributed by atoms with Gasteiger partial charge in [0.25, 0.3) is 5.89 Å². The second-order valence-electron chi connectivity index (χ2n) is 8.28. The number of nitrogens with one attached hydrogen (secondary N) is 1. The lowest BCUT2D eigenvalue weighted by molar-refractivity contribution is 0.202. The molecule has 0 aliphatic carbocycles. The number of hydrogen-bond acceptors (Lipinski definition) is 5. The van der Waals surface area contributed by atoms with Crippen LogP contribution in [0.3, 0.4) is 0 Å². The number of ether oxygens (including phenoxy) is 1. The molecule has 1 aliphatic heterocycles. The van der Waals surface area contributed by atoms with Gasteiger partial charge in [-0.3, -0.25) is 4.90 Å². The number of carbonyl (C=O) groups excluding carboxylic acids is 1. The van der Waals surface area contributed by atoms with Gasteiger partial charge in [-0.25, -0.2) is 4.79 Å². The summed E-state index contributed by atoms with van der Waals surface area (Å²) in [4.78, 5) is 19.4. The largest absolute Gasteiger partial charge is 0.497 e. The lowest BCUT2D eigenvalue weighted by Crippen LogP contribution is -2.46. The molecule has 7 nitrogen and oxygen atoms in total. The van der Waals surface area contributed by atoms with Gasteiger partial charge in [-0.1, -0.05) is 49.3 Å². The predicted octanol–water partition coefficient (Wildman–Crippen LogP) is 5.29. The molecule has 1 atom stereocenters. The van der Waals surface area contributed by atoms with Crippen molar-refractivity contribution in [2.45, 2.75) is 33.2 Å². The van der Waals surface area contributed by atoms with E-state index in [0.717, 1.165) is 34.6 Å². The summed E-state index contributed by atoms with van der Waals surface area (Å²) >= 11 is 0. The standard InChI is InChI=1S/C25H28N4O3/c1-16(2)14-15-29-17(3)21(22(26-25(29)30)18-8-6-5-7-9-18)24-27-23(28-32-24)19-10-12-20(31-4)13-11-19/h5-13,16,22H,14-15H2,1-4H3,(H,26,30). The zero-order valence-electron chi connectivity index (χ0n) is 18.8. The van der Waals surface area contributed by atoms with E-state index in [2.05, 4.69) is 29.3 Å². The van der Waals surface area contributed by atoms with E-state index in [9.17, 15) is 4.79 Å². The lowest BCUT2D eigenvalue weighted by atomic mass is 9.94. The number of aromatic nitrogens is 2. The van der Waals surface area contributed by atoms with Crippen LogP contribution in [0.1, 0.15) is 44.7 Å². The Morgan fingerprint density at radius 1 is 1.12 bits per heavy atom. The Kier molecular flexibility index (Phi) is 6.25. The number of hydrogen-bond donors (Lipinski definition) is 1. The van der Waals surface area contributed by atoms with Crippen molar-refractivity contribution < 1.29 is 14.1 Å². The fourth-order valence-electron chi connectivity index (χ4n) is 3.80. The van der Waals surface area contributed by atoms with Crippen molar-refractivity contribution in [3.63, 3.8) is 0 Å². The maximum absolute atomic E-state index is 13.0. The summed E-state index contributed by atoms with van der Waals surface area (Å²) in [5.41, 5.74) is 3.43. The number of benzene rings is 2. The average molecular weight is 433 g/mol. The number of methoxy groups -OCH3 is 1. The van der Waals surface area contributed by atoms with Gasteiger partial charge in [-0.15, -0.1) is 0 Å². The fraction of sp³-hybridized carbons (Fsp3) is 0.320. The summed E-state index contributed by atoms with van der Waals surface area (Å²) in [6.45, 7) is 6.86. The summed E-state index contributed by atoms with van der Waals surface area (Å²) in [6, 6.07) is 16.8. The zero-order chi connectivity index (χ0) is 22.7. The Hall–Kier alpha value is -3.61. The third kappa shape index (κ3) is 4.37. The normalized spacial score (nSPS) is 16.5. The number of urea groups is 1. The van der Waals surface area contributed by atoms with Crippen LogP contribution in [0.4, 0.5) is 4.79 Å². The first-order valence-electron chi connectivity index (χ1n) is 10.8. The van der Waals surface area contributed by atoms with Crippen LogP contribution in [-0.2, 0) is 0 Å². The lowest BCUT2D eigenvalue weighted by Gasteiger charge is -2.35. The third-order valence-corrected chi connectivity index (χ3v) is 5.66. The molecule has 1 aliphatic rings. The van der Waals surface area contributed by atoms with Gasteiger partial charge < -0.3 is 14.6 Å². The van der Waals surface area contributed by atoms with Gasteiger partial charge in [0, 0.05) is 17.8 Å². The highest BCUT2D eigenvalue weighted by Crippen LogP contribution is 2.37. The molecule has 2 aromatic carbocycles. The van der Waals surface area contributed by atoms with Gasteiger partial charge in [-0.2, -0.15) is 4.98 Å². The fourth-order valence-corrected chi connectivity index (χ4v) is 3.80. The molecule has 0 saturated carbocycles. The Bertz CT molecular complexity index is 1100. The van der Waals surface area contributed by atoms with Crippen LogP contribution in [0.2, 0.25) is 0 Å². The summed E-state index contributed by atoms with van der Waals surface area (Å²) in [6.07, 6.45) is 0.898. The summed E-state index contributed by atoms with van der Waals surface area (Å²) in [7, 11) is 1.63. The van der Waals surface area contributed by atoms with Crippen molar-refractivity contribution in [3.05, 3.63) is 71.7 Å². The molecule has 0 saturated heterocycles. The van der Waals surface area contributed by atoms with E-state index in [1.165, 1.54) is 0 Å². The van der Waals surface area contributed by atoms with E-state index in [4.69, 9.17) is 9.26 Å². The SMILES string of the molecule is COc1ccc(-c2noc(C3=C(C)N(CCC(C)C)C(=O)NC3c3ccccc3)n2)cc1. The molecule has 0 radical (unpaired) electrons. The van der Waals surface area contributed by atoms with E-state index >= 15 is 0 Å². The number of rotatable bonds is 7. The maximum atomic E-state index is 13.0. The molecule has 1 aromatic heterocycles. The molecular weight excluding hydrogens is 404 g/mol. The van der Waals surface area contributed by atoms with Crippen molar-refractivity contribution in [1.29, 1.82) is 0 Å². The smallest absolute Gasteiger partial charge is 0.322 e. The first-order valence-corrected chi connectivity index (χ1v) is 10.8. The monoisotopic (exact) mass is 432 g/mol. The van der Waals surface area contributed by atoms with E-state index in [1.807, 2.05) is 61.5 Å². The van der Waals surface area contributed by atoms with Gasteiger partial charge >= 0.3 is 6.03 Å². The summed E-state index contributed by atoms with van der Waals surface area (Å²) in [5.74, 6) is 2.13. The van der Waals surface area contributed by atoms with Crippen molar-refractivity contribution in [1.82, 2.24) is 20.4 Å². The van der Waals surface area contributed by atoms with Crippen LogP contribution in [0.15, 0.2) is 64.8 Å². The van der Waals surface area contributed by atoms with E-state index in [1.54, 1.807) is 12.0 Å². The first-order chi connectivity index (χ1) is 15.5. The van der Waals surface area contributed by atoms with Crippen LogP contribution < -0.4 is 10.1 Å². The van der Waals surface area contributed by atoms with Crippen LogP contribution in [0.25, 0.3) is 17.0 Å². The molecule has 7 heteroatoms. The molecule has 4 rings (SSSR count). The molecule has 166 valence electrons. The van der Waals surface area contributed by atoms with Gasteiger partial charge in [0.15, 0.2) is 0 Å². The van der Waals surface area contributed by atoms with Crippen molar-refractivity contribution in [2.24, 2.45) is 5.92 Å². The summed E-state index contributed by atoms with van der Waals surface area (Å²) < 4.78 is 10.9. The molecule has 32 heavy (non-hydrogen) atoms. The molecule has 2 amide bonds. The van der Waals surface area contributed by atoms with E-state index < -0.39 is 0 Å². The van der Waals surface area contributed by atoms with E-state index in [0.29, 0.717) is 24.2 Å². The summed E-state index contributed by atoms with van der Waals surface area (Å²) in [5, 5.41) is 7.34. The zero-order valence-corrected chi connectivity index (χ0v) is 18.8. The Balaban J connectivity index is 1.75. The number of allylic oxidation sites excluding steroid dienone is 1. The minimum absolute atomic E-state index is 0.115. The minimum Gasteiger partial charge on any atom is -0.497 e. The maximum Gasteiger partial charge on any atom is 0.322 e. The quantitative estimate of drug-likeness (QED) is 0.549. The van der Waals surface area contributed by atoms with E-state index in [-0.39, 0.29) is 12.1 Å². The molecule has 1 unspecified atom stereocenters. The Morgan fingerprint density at radius 3 is 2.50 bits per heavy atom. The highest BCUT2D eigenvalue weighted by atomic mass is 16.5. The van der Waals surface area contributed by atoms with Gasteiger partial charge in [0.05, 0.1) is 18.7 Å². The first kappa shape index (κ1) is 21.6. The van der Waals surface area contributed by atoms with Gasteiger partial charge in [-0.05, 0) is 49.1 Å². The molecule has 0 fully saturated rings. The topological polar surface area (TPSA) is 80.5 Å². The molecule has 0 spiro atoms. The van der Waals surface area contributed by atoms with Crippen LogP contribution in [0, 0.1) is 5.92 Å². The van der Waals surface area contributed by atoms with Crippen LogP contribution >= 0.6 is 0 Å². The van der Waals surface area contributed by atoms with Gasteiger partial charge in [0.1, 0.15) is 5.75 Å². The molecule has 3 aromatic rings. The van der Waals surface area contributed by atoms with Crippen molar-refractivity contribution in [2.75, 3.05) is 13.7 Å². The number of nitrogens with zero attached hydrogens (tertiary/aromatic N) is 3. The molecule has 0 bridgehead atoms. The second kappa shape index (κ2) is 9.26. The number of amides is 2. The van der Waals surface area contributed by atoms with Crippen LogP contribution in [-0.4, -0.2) is 34.7 Å². The highest BCUT2D eigenvalue weighted by molar-refractivity contribution is 5.86. The Labute approximate surface area is 188 Å². The number of carbonyl (C=O) groups is 1.